The van der Waals surface area contributed by atoms with E-state index in [9.17, 15) is 4.79 Å². The van der Waals surface area contributed by atoms with Crippen LogP contribution < -0.4 is 10.2 Å². The van der Waals surface area contributed by atoms with Crippen LogP contribution in [0.15, 0.2) is 54.6 Å². The topological polar surface area (TPSA) is 35.6 Å². The van der Waals surface area contributed by atoms with Gasteiger partial charge in [-0.1, -0.05) is 36.4 Å². The number of carbonyl (C=O) groups is 1. The average molecular weight is 351 g/mol. The van der Waals surface area contributed by atoms with E-state index in [0.717, 1.165) is 25.3 Å². The van der Waals surface area contributed by atoms with Crippen LogP contribution in [0.25, 0.3) is 0 Å². The lowest BCUT2D eigenvalue weighted by Crippen LogP contribution is -2.39. The number of nitrogens with zero attached hydrogens (tertiary/aromatic N) is 2. The fourth-order valence-electron chi connectivity index (χ4n) is 3.46. The van der Waals surface area contributed by atoms with Gasteiger partial charge < -0.3 is 10.2 Å². The van der Waals surface area contributed by atoms with Crippen LogP contribution in [0.5, 0.6) is 0 Å². The molecule has 2 aromatic carbocycles. The first-order valence-corrected chi connectivity index (χ1v) is 9.54. The highest BCUT2D eigenvalue weighted by Gasteiger charge is 2.20. The number of para-hydroxylation sites is 2. The minimum atomic E-state index is -0.204. The summed E-state index contributed by atoms with van der Waals surface area (Å²) in [5.74, 6) is 0.0224. The zero-order valence-corrected chi connectivity index (χ0v) is 15.8. The predicted molar refractivity (Wildman–Crippen MR) is 109 cm³/mol. The summed E-state index contributed by atoms with van der Waals surface area (Å²) in [6.45, 7) is 4.98. The van der Waals surface area contributed by atoms with Gasteiger partial charge in [0.2, 0.25) is 5.91 Å². The molecule has 1 amide bonds. The second-order valence-electron chi connectivity index (χ2n) is 7.12. The second kappa shape index (κ2) is 8.86. The largest absolute Gasteiger partial charge is 0.371 e. The van der Waals surface area contributed by atoms with Gasteiger partial charge >= 0.3 is 0 Å². The van der Waals surface area contributed by atoms with Gasteiger partial charge in [-0.2, -0.15) is 0 Å². The molecule has 4 heteroatoms. The van der Waals surface area contributed by atoms with Gasteiger partial charge in [-0.05, 0) is 57.0 Å². The Morgan fingerprint density at radius 3 is 2.42 bits per heavy atom. The van der Waals surface area contributed by atoms with E-state index >= 15 is 0 Å². The maximum absolute atomic E-state index is 12.6. The zero-order chi connectivity index (χ0) is 18.4. The van der Waals surface area contributed by atoms with Crippen LogP contribution in [0.2, 0.25) is 0 Å². The summed E-state index contributed by atoms with van der Waals surface area (Å²) in [5.41, 5.74) is 3.44. The smallest absolute Gasteiger partial charge is 0.241 e. The molecule has 2 aromatic rings. The van der Waals surface area contributed by atoms with Gasteiger partial charge in [0.15, 0.2) is 0 Å². The first-order valence-electron chi connectivity index (χ1n) is 9.54. The predicted octanol–water partition coefficient (Wildman–Crippen LogP) is 4.14. The molecule has 0 radical (unpaired) electrons. The maximum atomic E-state index is 12.6. The Labute approximate surface area is 156 Å². The molecule has 0 aliphatic carbocycles. The lowest BCUT2D eigenvalue weighted by molar-refractivity contribution is -0.120. The number of piperidine rings is 1. The van der Waals surface area contributed by atoms with E-state index in [1.54, 1.807) is 0 Å². The third kappa shape index (κ3) is 4.64. The molecule has 0 saturated carbocycles. The molecule has 1 fully saturated rings. The number of hydrogen-bond donors (Lipinski definition) is 1. The molecule has 4 nitrogen and oxygen atoms in total. The van der Waals surface area contributed by atoms with Gasteiger partial charge in [-0.15, -0.1) is 0 Å². The van der Waals surface area contributed by atoms with Gasteiger partial charge in [0.25, 0.3) is 0 Å². The van der Waals surface area contributed by atoms with Crippen molar-refractivity contribution in [3.63, 3.8) is 0 Å². The van der Waals surface area contributed by atoms with E-state index in [-0.39, 0.29) is 11.9 Å². The van der Waals surface area contributed by atoms with Crippen molar-refractivity contribution in [2.24, 2.45) is 0 Å². The third-order valence-electron chi connectivity index (χ3n) is 5.19. The van der Waals surface area contributed by atoms with E-state index < -0.39 is 0 Å². The number of benzene rings is 2. The molecule has 0 spiro atoms. The summed E-state index contributed by atoms with van der Waals surface area (Å²) in [5, 5.41) is 3.00. The number of likely N-dealkylation sites (N-methyl/N-ethyl adjacent to an activating group) is 1. The molecule has 1 heterocycles. The van der Waals surface area contributed by atoms with Gasteiger partial charge in [-0.3, -0.25) is 9.69 Å². The van der Waals surface area contributed by atoms with E-state index in [2.05, 4.69) is 39.4 Å². The molecule has 26 heavy (non-hydrogen) atoms. The minimum absolute atomic E-state index is 0.0224. The average Bonchev–Trinajstić information content (AvgIpc) is 2.69. The third-order valence-corrected chi connectivity index (χ3v) is 5.19. The van der Waals surface area contributed by atoms with Crippen molar-refractivity contribution >= 4 is 17.3 Å². The highest BCUT2D eigenvalue weighted by molar-refractivity contribution is 5.94. The summed E-state index contributed by atoms with van der Waals surface area (Å²) < 4.78 is 0. The molecule has 0 unspecified atom stereocenters. The molecule has 1 aliphatic rings. The van der Waals surface area contributed by atoms with E-state index in [1.807, 2.05) is 44.3 Å². The first-order chi connectivity index (χ1) is 12.6. The van der Waals surface area contributed by atoms with Gasteiger partial charge in [-0.25, -0.2) is 0 Å². The summed E-state index contributed by atoms with van der Waals surface area (Å²) in [6, 6.07) is 18.0. The zero-order valence-electron chi connectivity index (χ0n) is 15.8. The molecule has 1 atom stereocenters. The van der Waals surface area contributed by atoms with Crippen molar-refractivity contribution in [3.05, 3.63) is 60.2 Å². The van der Waals surface area contributed by atoms with Crippen LogP contribution in [0.4, 0.5) is 11.4 Å². The molecule has 1 saturated heterocycles. The van der Waals surface area contributed by atoms with E-state index in [0.29, 0.717) is 0 Å². The molecule has 0 aromatic heterocycles. The molecular weight excluding hydrogens is 322 g/mol. The van der Waals surface area contributed by atoms with Crippen molar-refractivity contribution in [1.82, 2.24) is 4.90 Å². The van der Waals surface area contributed by atoms with Crippen molar-refractivity contribution < 1.29 is 4.79 Å². The quantitative estimate of drug-likeness (QED) is 0.850. The number of anilines is 2. The number of rotatable bonds is 6. The molecule has 1 aliphatic heterocycles. The fraction of sp³-hybridized carbons (Fsp3) is 0.409. The second-order valence-corrected chi connectivity index (χ2v) is 7.12. The van der Waals surface area contributed by atoms with Gasteiger partial charge in [0, 0.05) is 31.0 Å². The first kappa shape index (κ1) is 18.5. The van der Waals surface area contributed by atoms with Crippen molar-refractivity contribution in [2.45, 2.75) is 38.8 Å². The molecule has 3 rings (SSSR count). The Hall–Kier alpha value is -2.33. The normalized spacial score (nSPS) is 15.7. The van der Waals surface area contributed by atoms with Crippen molar-refractivity contribution in [2.75, 3.05) is 30.4 Å². The van der Waals surface area contributed by atoms with Crippen LogP contribution in [0.1, 0.15) is 31.7 Å². The standard InChI is InChI=1S/C22H29N3O/c1-18(22(26)23-20-12-5-3-6-13-20)24(2)17-19-11-7-8-14-21(19)25-15-9-4-10-16-25/h3,5-8,11-14,18H,4,9-10,15-17H2,1-2H3,(H,23,26)/t18-/m1/s1. The monoisotopic (exact) mass is 351 g/mol. The van der Waals surface area contributed by atoms with Crippen molar-refractivity contribution in [3.8, 4) is 0 Å². The van der Waals surface area contributed by atoms with Gasteiger partial charge in [0.05, 0.1) is 6.04 Å². The SMILES string of the molecule is C[C@H](C(=O)Nc1ccccc1)N(C)Cc1ccccc1N1CCCCC1. The lowest BCUT2D eigenvalue weighted by Gasteiger charge is -2.32. The number of hydrogen-bond acceptors (Lipinski definition) is 3. The van der Waals surface area contributed by atoms with Crippen LogP contribution >= 0.6 is 0 Å². The number of carbonyl (C=O) groups excluding carboxylic acids is 1. The summed E-state index contributed by atoms with van der Waals surface area (Å²) >= 11 is 0. The summed E-state index contributed by atoms with van der Waals surface area (Å²) in [4.78, 5) is 17.2. The van der Waals surface area contributed by atoms with Crippen molar-refractivity contribution in [1.29, 1.82) is 0 Å². The van der Waals surface area contributed by atoms with Crippen LogP contribution in [-0.4, -0.2) is 37.0 Å². The summed E-state index contributed by atoms with van der Waals surface area (Å²) in [7, 11) is 2.02. The van der Waals surface area contributed by atoms with E-state index in [4.69, 9.17) is 0 Å². The number of amides is 1. The minimum Gasteiger partial charge on any atom is -0.371 e. The molecule has 138 valence electrons. The number of nitrogens with one attached hydrogen (secondary N) is 1. The Kier molecular flexibility index (Phi) is 6.29. The highest BCUT2D eigenvalue weighted by Crippen LogP contribution is 2.25. The Bertz CT molecular complexity index is 710. The lowest BCUT2D eigenvalue weighted by atomic mass is 10.1. The van der Waals surface area contributed by atoms with Crippen LogP contribution in [0.3, 0.4) is 0 Å². The van der Waals surface area contributed by atoms with E-state index in [1.165, 1.54) is 30.5 Å². The highest BCUT2D eigenvalue weighted by atomic mass is 16.2. The van der Waals surface area contributed by atoms with Crippen LogP contribution in [-0.2, 0) is 11.3 Å². The van der Waals surface area contributed by atoms with Crippen LogP contribution in [0, 0.1) is 0 Å². The Balaban J connectivity index is 1.65. The van der Waals surface area contributed by atoms with Gasteiger partial charge in [0.1, 0.15) is 0 Å². The maximum Gasteiger partial charge on any atom is 0.241 e. The fourth-order valence-corrected chi connectivity index (χ4v) is 3.46. The summed E-state index contributed by atoms with van der Waals surface area (Å²) in [6.07, 6.45) is 3.86. The Morgan fingerprint density at radius 2 is 1.69 bits per heavy atom. The molecular formula is C22H29N3O. The molecule has 1 N–H and O–H groups in total. The Morgan fingerprint density at radius 1 is 1.04 bits per heavy atom. The molecule has 0 bridgehead atoms.